The summed E-state index contributed by atoms with van der Waals surface area (Å²) in [5.74, 6) is -0.480. The first-order valence-electron chi connectivity index (χ1n) is 4.35. The Bertz CT molecular complexity index is 325. The standard InChI is InChI=1S/C10H10Cl2O3/c1-2-14-10(11,12)9(13)15-8-6-4-3-5-7-8/h3-7H,2H2,1H3. The van der Waals surface area contributed by atoms with Gasteiger partial charge < -0.3 is 9.47 Å². The van der Waals surface area contributed by atoms with Crippen LogP contribution in [0.25, 0.3) is 0 Å². The fourth-order valence-corrected chi connectivity index (χ4v) is 1.19. The summed E-state index contributed by atoms with van der Waals surface area (Å²) in [5, 5.41) is 0. The summed E-state index contributed by atoms with van der Waals surface area (Å²) >= 11 is 11.2. The molecule has 3 nitrogen and oxygen atoms in total. The number of carbonyl (C=O) groups excluding carboxylic acids is 1. The summed E-state index contributed by atoms with van der Waals surface area (Å²) in [7, 11) is 0. The summed E-state index contributed by atoms with van der Waals surface area (Å²) in [4.78, 5) is 11.4. The van der Waals surface area contributed by atoms with Gasteiger partial charge in [-0.15, -0.1) is 0 Å². The largest absolute Gasteiger partial charge is 0.422 e. The van der Waals surface area contributed by atoms with Crippen molar-refractivity contribution in [1.82, 2.24) is 0 Å². The van der Waals surface area contributed by atoms with Gasteiger partial charge in [-0.1, -0.05) is 41.4 Å². The minimum Gasteiger partial charge on any atom is -0.422 e. The smallest absolute Gasteiger partial charge is 0.376 e. The van der Waals surface area contributed by atoms with Crippen molar-refractivity contribution in [3.63, 3.8) is 0 Å². The van der Waals surface area contributed by atoms with Gasteiger partial charge in [0.2, 0.25) is 0 Å². The highest BCUT2D eigenvalue weighted by Crippen LogP contribution is 2.25. The number of hydrogen-bond acceptors (Lipinski definition) is 3. The lowest BCUT2D eigenvalue weighted by atomic mass is 10.3. The minimum absolute atomic E-state index is 0.219. The molecule has 0 amide bonds. The number of esters is 1. The molecule has 15 heavy (non-hydrogen) atoms. The molecule has 0 aliphatic rings. The van der Waals surface area contributed by atoms with Crippen molar-refractivity contribution in [2.45, 2.75) is 11.4 Å². The third-order valence-corrected chi connectivity index (χ3v) is 2.04. The Hall–Kier alpha value is -0.770. The molecule has 5 heteroatoms. The van der Waals surface area contributed by atoms with Gasteiger partial charge in [0.05, 0.1) is 0 Å². The number of rotatable bonds is 4. The van der Waals surface area contributed by atoms with Gasteiger partial charge in [0, 0.05) is 6.61 Å². The summed E-state index contributed by atoms with van der Waals surface area (Å²) in [6, 6.07) is 8.50. The van der Waals surface area contributed by atoms with Gasteiger partial charge >= 0.3 is 10.5 Å². The normalized spacial score (nSPS) is 11.1. The zero-order valence-electron chi connectivity index (χ0n) is 8.07. The summed E-state index contributed by atoms with van der Waals surface area (Å²) < 4.78 is 7.77. The molecule has 1 aromatic rings. The SMILES string of the molecule is CCOC(Cl)(Cl)C(=O)Oc1ccccc1. The van der Waals surface area contributed by atoms with Crippen LogP contribution in [0.1, 0.15) is 6.92 Å². The second-order valence-corrected chi connectivity index (χ2v) is 3.91. The minimum atomic E-state index is -1.95. The average molecular weight is 249 g/mol. The first-order valence-corrected chi connectivity index (χ1v) is 5.11. The highest BCUT2D eigenvalue weighted by Gasteiger charge is 2.36. The van der Waals surface area contributed by atoms with E-state index in [1.807, 2.05) is 0 Å². The molecule has 0 aliphatic carbocycles. The Kier molecular flexibility index (Phi) is 4.39. The molecule has 0 heterocycles. The number of carbonyl (C=O) groups is 1. The quantitative estimate of drug-likeness (QED) is 0.467. The van der Waals surface area contributed by atoms with E-state index in [-0.39, 0.29) is 6.61 Å². The van der Waals surface area contributed by atoms with Crippen molar-refractivity contribution in [1.29, 1.82) is 0 Å². The molecule has 0 atom stereocenters. The Morgan fingerprint density at radius 2 is 1.93 bits per heavy atom. The molecule has 0 N–H and O–H groups in total. The lowest BCUT2D eigenvalue weighted by Gasteiger charge is -2.16. The maximum atomic E-state index is 11.4. The number of halogens is 2. The molecule has 0 spiro atoms. The van der Waals surface area contributed by atoms with Crippen LogP contribution in [-0.2, 0) is 9.53 Å². The highest BCUT2D eigenvalue weighted by atomic mass is 35.5. The second-order valence-electron chi connectivity index (χ2n) is 2.65. The number of alkyl halides is 2. The monoisotopic (exact) mass is 248 g/mol. The molecule has 0 aromatic heterocycles. The number of para-hydroxylation sites is 1. The van der Waals surface area contributed by atoms with Crippen LogP contribution >= 0.6 is 23.2 Å². The molecule has 0 aliphatic heterocycles. The van der Waals surface area contributed by atoms with E-state index in [1.54, 1.807) is 37.3 Å². The van der Waals surface area contributed by atoms with Crippen LogP contribution in [0.5, 0.6) is 5.75 Å². The fraction of sp³-hybridized carbons (Fsp3) is 0.300. The summed E-state index contributed by atoms with van der Waals surface area (Å²) in [6.45, 7) is 1.90. The predicted molar refractivity (Wildman–Crippen MR) is 58.1 cm³/mol. The van der Waals surface area contributed by atoms with Gasteiger partial charge in [0.15, 0.2) is 0 Å². The van der Waals surface area contributed by atoms with E-state index in [1.165, 1.54) is 0 Å². The van der Waals surface area contributed by atoms with Crippen LogP contribution in [0, 0.1) is 0 Å². The van der Waals surface area contributed by atoms with Crippen molar-refractivity contribution in [3.8, 4) is 5.75 Å². The summed E-state index contributed by atoms with van der Waals surface area (Å²) in [6.07, 6.45) is 0. The Balaban J connectivity index is 2.63. The maximum Gasteiger partial charge on any atom is 0.376 e. The van der Waals surface area contributed by atoms with Crippen LogP contribution in [-0.4, -0.2) is 17.1 Å². The van der Waals surface area contributed by atoms with Gasteiger partial charge in [0.25, 0.3) is 0 Å². The zero-order chi connectivity index (χ0) is 11.3. The lowest BCUT2D eigenvalue weighted by Crippen LogP contribution is -2.33. The van der Waals surface area contributed by atoms with Crippen molar-refractivity contribution < 1.29 is 14.3 Å². The average Bonchev–Trinajstić information content (AvgIpc) is 2.19. The van der Waals surface area contributed by atoms with Crippen LogP contribution < -0.4 is 4.74 Å². The second kappa shape index (κ2) is 5.35. The number of ether oxygens (including phenoxy) is 2. The van der Waals surface area contributed by atoms with Gasteiger partial charge in [-0.3, -0.25) is 0 Å². The number of hydrogen-bond donors (Lipinski definition) is 0. The van der Waals surface area contributed by atoms with Crippen molar-refractivity contribution >= 4 is 29.2 Å². The van der Waals surface area contributed by atoms with Crippen LogP contribution in [0.4, 0.5) is 0 Å². The topological polar surface area (TPSA) is 35.5 Å². The van der Waals surface area contributed by atoms with E-state index in [9.17, 15) is 4.79 Å². The van der Waals surface area contributed by atoms with Crippen molar-refractivity contribution in [2.24, 2.45) is 0 Å². The molecular formula is C10H10Cl2O3. The van der Waals surface area contributed by atoms with Crippen LogP contribution in [0.2, 0.25) is 0 Å². The first-order chi connectivity index (χ1) is 7.06. The molecule has 0 saturated heterocycles. The van der Waals surface area contributed by atoms with E-state index < -0.39 is 10.5 Å². The third kappa shape index (κ3) is 3.70. The van der Waals surface area contributed by atoms with Gasteiger partial charge in [-0.05, 0) is 19.1 Å². The van der Waals surface area contributed by atoms with Crippen molar-refractivity contribution in [2.75, 3.05) is 6.61 Å². The Morgan fingerprint density at radius 3 is 2.47 bits per heavy atom. The molecule has 1 rings (SSSR count). The predicted octanol–water partition coefficient (Wildman–Crippen LogP) is 2.76. The van der Waals surface area contributed by atoms with E-state index in [2.05, 4.69) is 0 Å². The van der Waals surface area contributed by atoms with Crippen LogP contribution in [0.3, 0.4) is 0 Å². The van der Waals surface area contributed by atoms with E-state index >= 15 is 0 Å². The molecule has 0 fully saturated rings. The zero-order valence-corrected chi connectivity index (χ0v) is 9.59. The molecule has 0 bridgehead atoms. The number of benzene rings is 1. The molecule has 82 valence electrons. The molecular weight excluding hydrogens is 239 g/mol. The summed E-state index contributed by atoms with van der Waals surface area (Å²) in [5.41, 5.74) is 0. The lowest BCUT2D eigenvalue weighted by molar-refractivity contribution is -0.144. The molecule has 0 radical (unpaired) electrons. The third-order valence-electron chi connectivity index (χ3n) is 1.52. The molecule has 1 aromatic carbocycles. The molecule has 0 unspecified atom stereocenters. The van der Waals surface area contributed by atoms with E-state index in [4.69, 9.17) is 32.7 Å². The van der Waals surface area contributed by atoms with Gasteiger partial charge in [-0.2, -0.15) is 0 Å². The van der Waals surface area contributed by atoms with E-state index in [0.29, 0.717) is 5.75 Å². The Labute approximate surface area is 97.9 Å². The molecule has 0 saturated carbocycles. The fourth-order valence-electron chi connectivity index (χ4n) is 0.895. The highest BCUT2D eigenvalue weighted by molar-refractivity contribution is 6.56. The van der Waals surface area contributed by atoms with E-state index in [0.717, 1.165) is 0 Å². The van der Waals surface area contributed by atoms with Crippen LogP contribution in [0.15, 0.2) is 30.3 Å². The maximum absolute atomic E-state index is 11.4. The van der Waals surface area contributed by atoms with Gasteiger partial charge in [-0.25, -0.2) is 4.79 Å². The van der Waals surface area contributed by atoms with Crippen molar-refractivity contribution in [3.05, 3.63) is 30.3 Å². The van der Waals surface area contributed by atoms with Gasteiger partial charge in [0.1, 0.15) is 5.75 Å². The Morgan fingerprint density at radius 1 is 1.33 bits per heavy atom. The first kappa shape index (κ1) is 12.3.